The maximum atomic E-state index is 12.8. The average Bonchev–Trinajstić information content (AvgIpc) is 3.17. The van der Waals surface area contributed by atoms with E-state index < -0.39 is 22.4 Å². The number of carbonyl (C=O) groups excluding carboxylic acids is 2. The van der Waals surface area contributed by atoms with Crippen molar-refractivity contribution in [2.75, 3.05) is 23.3 Å². The van der Waals surface area contributed by atoms with Gasteiger partial charge in [-0.05, 0) is 36.2 Å². The Morgan fingerprint density at radius 1 is 1.16 bits per heavy atom. The number of amides is 2. The van der Waals surface area contributed by atoms with Gasteiger partial charge < -0.3 is 15.5 Å². The molecule has 8 nitrogen and oxygen atoms in total. The van der Waals surface area contributed by atoms with Gasteiger partial charge in [0.15, 0.2) is 0 Å². The molecule has 1 fully saturated rings. The number of hydrogen-bond donors (Lipinski definition) is 2. The van der Waals surface area contributed by atoms with E-state index in [1.807, 2.05) is 24.3 Å². The number of benzene rings is 2. The van der Waals surface area contributed by atoms with Crippen LogP contribution in [0, 0.1) is 10.1 Å². The minimum absolute atomic E-state index is 0.00798. The Balaban J connectivity index is 1.48. The smallest absolute Gasteiger partial charge is 0.379 e. The predicted octanol–water partition coefficient (Wildman–Crippen LogP) is 3.86. The number of hydrogen-bond acceptors (Lipinski definition) is 5. The topological polar surface area (TPSA) is 105 Å². The maximum absolute atomic E-state index is 12.8. The molecule has 1 heterocycles. The molecule has 0 aromatic heterocycles. The Hall–Kier alpha value is -3.63. The quantitative estimate of drug-likeness (QED) is 0.470. The summed E-state index contributed by atoms with van der Waals surface area (Å²) in [4.78, 5) is 35.7. The average molecular weight is 450 g/mol. The second-order valence-corrected chi connectivity index (χ2v) is 7.26. The Morgan fingerprint density at radius 3 is 2.47 bits per heavy atom. The molecule has 0 spiro atoms. The first kappa shape index (κ1) is 23.0. The van der Waals surface area contributed by atoms with Crippen LogP contribution in [0.1, 0.15) is 30.4 Å². The van der Waals surface area contributed by atoms with Gasteiger partial charge in [-0.15, -0.1) is 0 Å². The highest BCUT2D eigenvalue weighted by Crippen LogP contribution is 2.34. The third kappa shape index (κ3) is 5.74. The highest BCUT2D eigenvalue weighted by molar-refractivity contribution is 5.95. The maximum Gasteiger partial charge on any atom is 0.416 e. The molecule has 32 heavy (non-hydrogen) atoms. The molecule has 1 aliphatic heterocycles. The summed E-state index contributed by atoms with van der Waals surface area (Å²) >= 11 is 0. The van der Waals surface area contributed by atoms with Crippen LogP contribution in [0.4, 0.5) is 30.2 Å². The normalized spacial score (nSPS) is 13.8. The molecule has 2 N–H and O–H groups in total. The molecule has 0 saturated carbocycles. The molecular formula is C21H21F3N4O4. The Labute approximate surface area is 181 Å². The third-order valence-corrected chi connectivity index (χ3v) is 5.00. The van der Waals surface area contributed by atoms with Gasteiger partial charge in [0.05, 0.1) is 10.5 Å². The van der Waals surface area contributed by atoms with Gasteiger partial charge in [-0.2, -0.15) is 13.2 Å². The first-order valence-corrected chi connectivity index (χ1v) is 9.90. The van der Waals surface area contributed by atoms with Crippen LogP contribution in [-0.4, -0.2) is 29.8 Å². The third-order valence-electron chi connectivity index (χ3n) is 5.00. The van der Waals surface area contributed by atoms with Gasteiger partial charge in [0.1, 0.15) is 5.69 Å². The van der Waals surface area contributed by atoms with E-state index in [9.17, 15) is 32.9 Å². The van der Waals surface area contributed by atoms with Gasteiger partial charge in [-0.1, -0.05) is 12.1 Å². The number of anilines is 2. The fourth-order valence-corrected chi connectivity index (χ4v) is 3.32. The standard InChI is InChI=1S/C21H21F3N4O4/c22-21(23,24)15-5-8-17(18(12-15)28(31)32)25-10-9-19(29)26-13-14-3-6-16(7-4-14)27-11-1-2-20(27)30/h3-8,12,25H,1-2,9-11,13H2,(H,26,29). The van der Waals surface area contributed by atoms with Crippen molar-refractivity contribution in [2.24, 2.45) is 0 Å². The minimum atomic E-state index is -4.69. The van der Waals surface area contributed by atoms with E-state index >= 15 is 0 Å². The van der Waals surface area contributed by atoms with Crippen LogP contribution in [0.25, 0.3) is 0 Å². The molecular weight excluding hydrogens is 429 g/mol. The molecule has 3 rings (SSSR count). The zero-order valence-electron chi connectivity index (χ0n) is 16.9. The van der Waals surface area contributed by atoms with Crippen molar-refractivity contribution in [1.29, 1.82) is 0 Å². The van der Waals surface area contributed by atoms with E-state index in [1.54, 1.807) is 4.90 Å². The Bertz CT molecular complexity index is 1010. The van der Waals surface area contributed by atoms with Crippen LogP contribution < -0.4 is 15.5 Å². The van der Waals surface area contributed by atoms with Gasteiger partial charge in [-0.3, -0.25) is 19.7 Å². The molecule has 0 atom stereocenters. The second-order valence-electron chi connectivity index (χ2n) is 7.26. The molecule has 0 unspecified atom stereocenters. The summed E-state index contributed by atoms with van der Waals surface area (Å²) in [6.45, 7) is 0.959. The molecule has 170 valence electrons. The monoisotopic (exact) mass is 450 g/mol. The number of alkyl halides is 3. The number of nitro benzene ring substituents is 1. The summed E-state index contributed by atoms with van der Waals surface area (Å²) in [5.74, 6) is -0.238. The van der Waals surface area contributed by atoms with Gasteiger partial charge in [0.2, 0.25) is 11.8 Å². The van der Waals surface area contributed by atoms with Crippen molar-refractivity contribution in [3.63, 3.8) is 0 Å². The molecule has 2 aromatic rings. The first-order valence-electron chi connectivity index (χ1n) is 9.90. The van der Waals surface area contributed by atoms with Crippen molar-refractivity contribution in [2.45, 2.75) is 32.0 Å². The lowest BCUT2D eigenvalue weighted by Crippen LogP contribution is -2.25. The second kappa shape index (κ2) is 9.67. The summed E-state index contributed by atoms with van der Waals surface area (Å²) in [6.07, 6.45) is -3.34. The summed E-state index contributed by atoms with van der Waals surface area (Å²) in [6, 6.07) is 9.43. The van der Waals surface area contributed by atoms with Gasteiger partial charge in [0, 0.05) is 44.2 Å². The lowest BCUT2D eigenvalue weighted by atomic mass is 10.1. The molecule has 1 saturated heterocycles. The first-order chi connectivity index (χ1) is 15.1. The molecule has 2 aromatic carbocycles. The van der Waals surface area contributed by atoms with Gasteiger partial charge in [0.25, 0.3) is 5.69 Å². The van der Waals surface area contributed by atoms with E-state index in [2.05, 4.69) is 10.6 Å². The number of nitrogens with zero attached hydrogens (tertiary/aromatic N) is 2. The van der Waals surface area contributed by atoms with Gasteiger partial charge in [-0.25, -0.2) is 0 Å². The highest BCUT2D eigenvalue weighted by atomic mass is 19.4. The van der Waals surface area contributed by atoms with E-state index in [1.165, 1.54) is 0 Å². The zero-order valence-corrected chi connectivity index (χ0v) is 16.9. The largest absolute Gasteiger partial charge is 0.416 e. The van der Waals surface area contributed by atoms with Crippen LogP contribution in [-0.2, 0) is 22.3 Å². The molecule has 0 bridgehead atoms. The highest BCUT2D eigenvalue weighted by Gasteiger charge is 2.33. The van der Waals surface area contributed by atoms with E-state index in [0.29, 0.717) is 19.0 Å². The van der Waals surface area contributed by atoms with E-state index in [-0.39, 0.29) is 37.0 Å². The Kier molecular flexibility index (Phi) is 6.96. The molecule has 0 aliphatic carbocycles. The Morgan fingerprint density at radius 2 is 1.88 bits per heavy atom. The summed E-state index contributed by atoms with van der Waals surface area (Å²) in [5.41, 5.74) is -0.280. The van der Waals surface area contributed by atoms with Crippen LogP contribution >= 0.6 is 0 Å². The molecule has 1 aliphatic rings. The van der Waals surface area contributed by atoms with Crippen molar-refractivity contribution in [3.05, 3.63) is 63.7 Å². The summed E-state index contributed by atoms with van der Waals surface area (Å²) in [7, 11) is 0. The molecule has 2 amide bonds. The fraction of sp³-hybridized carbons (Fsp3) is 0.333. The van der Waals surface area contributed by atoms with Crippen molar-refractivity contribution in [3.8, 4) is 0 Å². The van der Waals surface area contributed by atoms with Gasteiger partial charge >= 0.3 is 6.18 Å². The number of carbonyl (C=O) groups is 2. The number of nitro groups is 1. The molecule has 0 radical (unpaired) electrons. The zero-order chi connectivity index (χ0) is 23.3. The lowest BCUT2D eigenvalue weighted by molar-refractivity contribution is -0.384. The van der Waals surface area contributed by atoms with Crippen molar-refractivity contribution in [1.82, 2.24) is 5.32 Å². The minimum Gasteiger partial charge on any atom is -0.379 e. The molecule has 11 heteroatoms. The predicted molar refractivity (Wildman–Crippen MR) is 111 cm³/mol. The summed E-state index contributed by atoms with van der Waals surface area (Å²) in [5, 5.41) is 16.4. The van der Waals surface area contributed by atoms with Crippen LogP contribution in [0.15, 0.2) is 42.5 Å². The van der Waals surface area contributed by atoms with Crippen molar-refractivity contribution >= 4 is 28.9 Å². The number of rotatable bonds is 8. The fourth-order valence-electron chi connectivity index (χ4n) is 3.32. The SMILES string of the molecule is O=C(CCNc1ccc(C(F)(F)F)cc1[N+](=O)[O-])NCc1ccc(N2CCCC2=O)cc1. The van der Waals surface area contributed by atoms with Crippen LogP contribution in [0.3, 0.4) is 0 Å². The summed E-state index contributed by atoms with van der Waals surface area (Å²) < 4.78 is 38.3. The van der Waals surface area contributed by atoms with E-state index in [4.69, 9.17) is 0 Å². The van der Waals surface area contributed by atoms with Crippen LogP contribution in [0.2, 0.25) is 0 Å². The van der Waals surface area contributed by atoms with E-state index in [0.717, 1.165) is 29.8 Å². The lowest BCUT2D eigenvalue weighted by Gasteiger charge is -2.16. The number of halogens is 3. The van der Waals surface area contributed by atoms with Crippen LogP contribution in [0.5, 0.6) is 0 Å². The van der Waals surface area contributed by atoms with Crippen molar-refractivity contribution < 1.29 is 27.7 Å². The number of nitrogens with one attached hydrogen (secondary N) is 2.